The molecule has 0 saturated carbocycles. The average molecular weight is 257 g/mol. The summed E-state index contributed by atoms with van der Waals surface area (Å²) >= 11 is 0. The third kappa shape index (κ3) is 3.24. The number of aryl methyl sites for hydroxylation is 2. The van der Waals surface area contributed by atoms with Gasteiger partial charge in [-0.3, -0.25) is 4.68 Å². The zero-order valence-electron chi connectivity index (χ0n) is 12.1. The van der Waals surface area contributed by atoms with Crippen molar-refractivity contribution in [1.82, 2.24) is 15.1 Å². The monoisotopic (exact) mass is 257 g/mol. The molecule has 2 rings (SSSR count). The molecule has 1 N–H and O–H groups in total. The van der Waals surface area contributed by atoms with E-state index >= 15 is 0 Å². The van der Waals surface area contributed by atoms with Crippen LogP contribution in [-0.2, 0) is 13.1 Å². The van der Waals surface area contributed by atoms with E-state index in [0.717, 1.165) is 26.1 Å². The van der Waals surface area contributed by atoms with Crippen molar-refractivity contribution in [2.75, 3.05) is 6.54 Å². The second kappa shape index (κ2) is 6.53. The first-order chi connectivity index (χ1) is 9.26. The molecule has 0 aliphatic heterocycles. The van der Waals surface area contributed by atoms with Crippen molar-refractivity contribution in [2.24, 2.45) is 0 Å². The number of benzene rings is 1. The number of rotatable bonds is 6. The van der Waals surface area contributed by atoms with Gasteiger partial charge in [0, 0.05) is 24.8 Å². The lowest BCUT2D eigenvalue weighted by Crippen LogP contribution is -2.15. The van der Waals surface area contributed by atoms with Crippen molar-refractivity contribution in [2.45, 2.75) is 40.3 Å². The van der Waals surface area contributed by atoms with Gasteiger partial charge in [-0.25, -0.2) is 0 Å². The van der Waals surface area contributed by atoms with Crippen molar-refractivity contribution in [1.29, 1.82) is 0 Å². The lowest BCUT2D eigenvalue weighted by Gasteiger charge is -2.13. The normalized spacial score (nSPS) is 10.9. The number of hydrogen-bond acceptors (Lipinski definition) is 2. The van der Waals surface area contributed by atoms with Gasteiger partial charge in [0.25, 0.3) is 0 Å². The maximum absolute atomic E-state index is 4.37. The summed E-state index contributed by atoms with van der Waals surface area (Å²) in [7, 11) is 0. The minimum atomic E-state index is 0.901. The third-order valence-electron chi connectivity index (χ3n) is 3.30. The van der Waals surface area contributed by atoms with Crippen LogP contribution in [0.15, 0.2) is 30.5 Å². The summed E-state index contributed by atoms with van der Waals surface area (Å²) in [5.41, 5.74) is 5.13. The molecule has 0 aliphatic carbocycles. The Balaban J connectivity index is 2.34. The molecular formula is C16H23N3. The van der Waals surface area contributed by atoms with Crippen molar-refractivity contribution >= 4 is 0 Å². The van der Waals surface area contributed by atoms with E-state index in [4.69, 9.17) is 0 Å². The fourth-order valence-electron chi connectivity index (χ4n) is 2.30. The Morgan fingerprint density at radius 3 is 2.79 bits per heavy atom. The standard InChI is InChI=1S/C16H23N3/c1-4-9-17-12-14-7-6-13(3)11-15(14)16-8-10-18-19(16)5-2/h6-8,10-11,17H,4-5,9,12H2,1-3H3. The lowest BCUT2D eigenvalue weighted by molar-refractivity contribution is 0.660. The van der Waals surface area contributed by atoms with E-state index < -0.39 is 0 Å². The van der Waals surface area contributed by atoms with E-state index in [1.807, 2.05) is 6.20 Å². The Bertz CT molecular complexity index is 529. The number of aromatic nitrogens is 2. The fraction of sp³-hybridized carbons (Fsp3) is 0.438. The highest BCUT2D eigenvalue weighted by Gasteiger charge is 2.09. The van der Waals surface area contributed by atoms with E-state index in [2.05, 4.69) is 60.1 Å². The zero-order valence-corrected chi connectivity index (χ0v) is 12.1. The van der Waals surface area contributed by atoms with Crippen LogP contribution in [0.2, 0.25) is 0 Å². The zero-order chi connectivity index (χ0) is 13.7. The Hall–Kier alpha value is -1.61. The summed E-state index contributed by atoms with van der Waals surface area (Å²) in [5.74, 6) is 0. The molecule has 3 heteroatoms. The molecule has 0 saturated heterocycles. The van der Waals surface area contributed by atoms with Crippen LogP contribution in [0.1, 0.15) is 31.4 Å². The Morgan fingerprint density at radius 1 is 1.21 bits per heavy atom. The van der Waals surface area contributed by atoms with Gasteiger partial charge in [-0.2, -0.15) is 5.10 Å². The molecule has 1 heterocycles. The van der Waals surface area contributed by atoms with Crippen molar-refractivity contribution in [3.63, 3.8) is 0 Å². The summed E-state index contributed by atoms with van der Waals surface area (Å²) in [6.07, 6.45) is 3.04. The second-order valence-corrected chi connectivity index (χ2v) is 4.87. The van der Waals surface area contributed by atoms with E-state index in [1.165, 1.54) is 22.4 Å². The Morgan fingerprint density at radius 2 is 2.05 bits per heavy atom. The number of hydrogen-bond donors (Lipinski definition) is 1. The van der Waals surface area contributed by atoms with Gasteiger partial charge in [0.2, 0.25) is 0 Å². The van der Waals surface area contributed by atoms with Crippen LogP contribution < -0.4 is 5.32 Å². The minimum Gasteiger partial charge on any atom is -0.313 e. The van der Waals surface area contributed by atoms with Crippen molar-refractivity contribution in [3.8, 4) is 11.3 Å². The van der Waals surface area contributed by atoms with Crippen molar-refractivity contribution in [3.05, 3.63) is 41.6 Å². The molecule has 0 aliphatic rings. The molecule has 3 nitrogen and oxygen atoms in total. The molecule has 1 aromatic heterocycles. The van der Waals surface area contributed by atoms with Gasteiger partial charge >= 0.3 is 0 Å². The minimum absolute atomic E-state index is 0.901. The predicted octanol–water partition coefficient (Wildman–Crippen LogP) is 3.38. The smallest absolute Gasteiger partial charge is 0.0685 e. The van der Waals surface area contributed by atoms with E-state index in [9.17, 15) is 0 Å². The maximum atomic E-state index is 4.37. The first-order valence-corrected chi connectivity index (χ1v) is 7.08. The summed E-state index contributed by atoms with van der Waals surface area (Å²) in [5, 5.41) is 7.86. The molecule has 0 radical (unpaired) electrons. The summed E-state index contributed by atoms with van der Waals surface area (Å²) in [4.78, 5) is 0. The SMILES string of the molecule is CCCNCc1ccc(C)cc1-c1ccnn1CC. The number of nitrogens with zero attached hydrogens (tertiary/aromatic N) is 2. The molecule has 0 bridgehead atoms. The van der Waals surface area contributed by atoms with Crippen LogP contribution in [-0.4, -0.2) is 16.3 Å². The molecule has 0 unspecified atom stereocenters. The highest BCUT2D eigenvalue weighted by atomic mass is 15.3. The first kappa shape index (κ1) is 13.8. The molecule has 19 heavy (non-hydrogen) atoms. The van der Waals surface area contributed by atoms with Gasteiger partial charge in [0.05, 0.1) is 5.69 Å². The van der Waals surface area contributed by atoms with E-state index in [0.29, 0.717) is 0 Å². The third-order valence-corrected chi connectivity index (χ3v) is 3.30. The average Bonchev–Trinajstić information content (AvgIpc) is 2.88. The van der Waals surface area contributed by atoms with Gasteiger partial charge in [-0.1, -0.05) is 24.6 Å². The Labute approximate surface area is 115 Å². The second-order valence-electron chi connectivity index (χ2n) is 4.87. The van der Waals surface area contributed by atoms with Crippen LogP contribution in [0, 0.1) is 6.92 Å². The topological polar surface area (TPSA) is 29.9 Å². The Kier molecular flexibility index (Phi) is 4.74. The molecule has 0 amide bonds. The molecule has 1 aromatic carbocycles. The van der Waals surface area contributed by atoms with Gasteiger partial charge in [0.1, 0.15) is 0 Å². The van der Waals surface area contributed by atoms with Crippen molar-refractivity contribution < 1.29 is 0 Å². The predicted molar refractivity (Wildman–Crippen MR) is 80.1 cm³/mol. The summed E-state index contributed by atoms with van der Waals surface area (Å²) in [6, 6.07) is 8.76. The molecule has 2 aromatic rings. The van der Waals surface area contributed by atoms with Crippen LogP contribution in [0.25, 0.3) is 11.3 Å². The molecule has 0 spiro atoms. The summed E-state index contributed by atoms with van der Waals surface area (Å²) in [6.45, 7) is 9.33. The number of nitrogens with one attached hydrogen (secondary N) is 1. The molecule has 102 valence electrons. The van der Waals surface area contributed by atoms with E-state index in [1.54, 1.807) is 0 Å². The van der Waals surface area contributed by atoms with E-state index in [-0.39, 0.29) is 0 Å². The highest BCUT2D eigenvalue weighted by Crippen LogP contribution is 2.25. The van der Waals surface area contributed by atoms with Crippen LogP contribution in [0.4, 0.5) is 0 Å². The summed E-state index contributed by atoms with van der Waals surface area (Å²) < 4.78 is 2.05. The lowest BCUT2D eigenvalue weighted by atomic mass is 10.0. The van der Waals surface area contributed by atoms with Gasteiger partial charge in [-0.05, 0) is 44.5 Å². The van der Waals surface area contributed by atoms with Gasteiger partial charge in [-0.15, -0.1) is 0 Å². The molecule has 0 fully saturated rings. The molecule has 0 atom stereocenters. The fourth-order valence-corrected chi connectivity index (χ4v) is 2.30. The largest absolute Gasteiger partial charge is 0.313 e. The van der Waals surface area contributed by atoms with Gasteiger partial charge < -0.3 is 5.32 Å². The van der Waals surface area contributed by atoms with Crippen LogP contribution in [0.3, 0.4) is 0 Å². The van der Waals surface area contributed by atoms with Crippen LogP contribution in [0.5, 0.6) is 0 Å². The quantitative estimate of drug-likeness (QED) is 0.804. The first-order valence-electron chi connectivity index (χ1n) is 7.08. The highest BCUT2D eigenvalue weighted by molar-refractivity contribution is 5.65. The molecular weight excluding hydrogens is 234 g/mol. The van der Waals surface area contributed by atoms with Crippen LogP contribution >= 0.6 is 0 Å². The maximum Gasteiger partial charge on any atom is 0.0685 e. The van der Waals surface area contributed by atoms with Gasteiger partial charge in [0.15, 0.2) is 0 Å².